The Labute approximate surface area is 234 Å². The number of aliphatic hydroxyl groups excluding tert-OH is 1. The fourth-order valence-electron chi connectivity index (χ4n) is 6.53. The van der Waals surface area contributed by atoms with Gasteiger partial charge in [0.15, 0.2) is 0 Å². The number of fused-ring (bicyclic) bond motifs is 2. The Morgan fingerprint density at radius 1 is 0.925 bits per heavy atom. The van der Waals surface area contributed by atoms with Crippen LogP contribution in [0.2, 0.25) is 0 Å². The Morgan fingerprint density at radius 2 is 1.68 bits per heavy atom. The molecule has 2 fully saturated rings. The molecule has 1 N–H and O–H groups in total. The zero-order valence-corrected chi connectivity index (χ0v) is 23.4. The highest BCUT2D eigenvalue weighted by Gasteiger charge is 2.50. The molecular weight excluding hydrogens is 524 g/mol. The number of methoxy groups -OCH3 is 1. The number of likely N-dealkylation sites (tertiary alicyclic amines) is 1. The van der Waals surface area contributed by atoms with E-state index in [1.165, 1.54) is 4.31 Å². The number of benzene rings is 3. The summed E-state index contributed by atoms with van der Waals surface area (Å²) in [7, 11) is 0.0481. The van der Waals surface area contributed by atoms with Gasteiger partial charge in [0.25, 0.3) is 0 Å². The summed E-state index contributed by atoms with van der Waals surface area (Å²) in [5.41, 5.74) is 4.58. The summed E-state index contributed by atoms with van der Waals surface area (Å²) in [6, 6.07) is 20.6. The molecule has 1 unspecified atom stereocenters. The minimum Gasteiger partial charge on any atom is -0.497 e. The summed E-state index contributed by atoms with van der Waals surface area (Å²) >= 11 is 0. The van der Waals surface area contributed by atoms with Crippen LogP contribution >= 0.6 is 0 Å². The van der Waals surface area contributed by atoms with Gasteiger partial charge >= 0.3 is 0 Å². The van der Waals surface area contributed by atoms with Crippen molar-refractivity contribution < 1.29 is 18.3 Å². The van der Waals surface area contributed by atoms with Crippen molar-refractivity contribution in [3.63, 3.8) is 0 Å². The van der Waals surface area contributed by atoms with Crippen molar-refractivity contribution in [2.45, 2.75) is 24.1 Å². The van der Waals surface area contributed by atoms with Gasteiger partial charge in [0, 0.05) is 56.6 Å². The highest BCUT2D eigenvalue weighted by Crippen LogP contribution is 2.41. The maximum Gasteiger partial charge on any atom is 0.243 e. The van der Waals surface area contributed by atoms with E-state index in [0.717, 1.165) is 65.1 Å². The summed E-state index contributed by atoms with van der Waals surface area (Å²) in [5, 5.41) is 13.0. The first-order valence-corrected chi connectivity index (χ1v) is 14.9. The number of ether oxygens (including phenoxy) is 1. The second-order valence-corrected chi connectivity index (χ2v) is 13.5. The van der Waals surface area contributed by atoms with Gasteiger partial charge in [-0.25, -0.2) is 8.42 Å². The van der Waals surface area contributed by atoms with Crippen LogP contribution in [0.4, 0.5) is 5.69 Å². The summed E-state index contributed by atoms with van der Waals surface area (Å²) in [6.07, 6.45) is 0.810. The van der Waals surface area contributed by atoms with Crippen molar-refractivity contribution in [1.29, 1.82) is 0 Å². The fraction of sp³-hybridized carbons (Fsp3) is 0.323. The molecule has 4 aromatic rings. The summed E-state index contributed by atoms with van der Waals surface area (Å²) in [4.78, 5) is 9.50. The van der Waals surface area contributed by atoms with Crippen LogP contribution in [0.25, 0.3) is 10.8 Å². The second kappa shape index (κ2) is 9.27. The first-order valence-electron chi connectivity index (χ1n) is 13.5. The van der Waals surface area contributed by atoms with Crippen molar-refractivity contribution in [1.82, 2.24) is 14.2 Å². The van der Waals surface area contributed by atoms with Crippen molar-refractivity contribution >= 4 is 26.5 Å². The number of anilines is 1. The van der Waals surface area contributed by atoms with E-state index in [1.807, 2.05) is 48.5 Å². The standard InChI is InChI=1S/C31H32N4O4S/c1-33-17-31(18-33)19-34(20-31)26-5-3-4-23(10-26)30(36)29-13-24-15-35(16-25(24)14-32-29)40(37,38)28-9-7-21-11-27(39-2)8-6-22(21)12-28/h3-14,30,36H,15-20H2,1-2H3. The van der Waals surface area contributed by atoms with Gasteiger partial charge in [0.1, 0.15) is 11.9 Å². The Balaban J connectivity index is 1.08. The van der Waals surface area contributed by atoms with Gasteiger partial charge in [0.2, 0.25) is 10.0 Å². The Bertz CT molecular complexity index is 1730. The third-order valence-corrected chi connectivity index (χ3v) is 10.3. The van der Waals surface area contributed by atoms with E-state index in [1.54, 1.807) is 25.4 Å². The molecule has 0 saturated carbocycles. The van der Waals surface area contributed by atoms with E-state index >= 15 is 0 Å². The number of sulfonamides is 1. The fourth-order valence-corrected chi connectivity index (χ4v) is 7.97. The van der Waals surface area contributed by atoms with Gasteiger partial charge in [-0.2, -0.15) is 4.31 Å². The molecule has 0 bridgehead atoms. The van der Waals surface area contributed by atoms with E-state index in [2.05, 4.69) is 27.9 Å². The molecule has 1 spiro atoms. The number of aliphatic hydroxyl groups is 1. The predicted molar refractivity (Wildman–Crippen MR) is 154 cm³/mol. The van der Waals surface area contributed by atoms with Crippen LogP contribution in [-0.4, -0.2) is 68.0 Å². The van der Waals surface area contributed by atoms with E-state index < -0.39 is 16.1 Å². The monoisotopic (exact) mass is 556 g/mol. The molecule has 3 aliphatic rings. The van der Waals surface area contributed by atoms with Crippen molar-refractivity contribution in [3.05, 3.63) is 95.3 Å². The zero-order valence-electron chi connectivity index (χ0n) is 22.6. The minimum absolute atomic E-state index is 0.241. The van der Waals surface area contributed by atoms with Crippen LogP contribution in [-0.2, 0) is 23.1 Å². The molecule has 8 nitrogen and oxygen atoms in total. The molecular formula is C31H32N4O4S. The normalized spacial score (nSPS) is 19.3. The molecule has 0 aliphatic carbocycles. The van der Waals surface area contributed by atoms with Crippen LogP contribution in [0, 0.1) is 5.41 Å². The highest BCUT2D eigenvalue weighted by atomic mass is 32.2. The number of hydrogen-bond acceptors (Lipinski definition) is 7. The lowest BCUT2D eigenvalue weighted by atomic mass is 9.73. The molecule has 4 heterocycles. The van der Waals surface area contributed by atoms with E-state index in [9.17, 15) is 13.5 Å². The quantitative estimate of drug-likeness (QED) is 0.387. The lowest BCUT2D eigenvalue weighted by Gasteiger charge is -2.60. The van der Waals surface area contributed by atoms with Gasteiger partial charge in [-0.15, -0.1) is 0 Å². The van der Waals surface area contributed by atoms with Gasteiger partial charge in [0.05, 0.1) is 17.7 Å². The highest BCUT2D eigenvalue weighted by molar-refractivity contribution is 7.89. The molecule has 3 aliphatic heterocycles. The zero-order chi connectivity index (χ0) is 27.6. The molecule has 1 aromatic heterocycles. The number of aromatic nitrogens is 1. The summed E-state index contributed by atoms with van der Waals surface area (Å²) < 4.78 is 33.9. The first-order chi connectivity index (χ1) is 19.2. The molecule has 0 radical (unpaired) electrons. The topological polar surface area (TPSA) is 86.2 Å². The Morgan fingerprint density at radius 3 is 2.45 bits per heavy atom. The molecule has 40 heavy (non-hydrogen) atoms. The molecule has 3 aromatic carbocycles. The number of hydrogen-bond donors (Lipinski definition) is 1. The minimum atomic E-state index is -3.72. The smallest absolute Gasteiger partial charge is 0.243 e. The molecule has 7 rings (SSSR count). The Hall–Kier alpha value is -3.50. The SMILES string of the molecule is COc1ccc2cc(S(=O)(=O)N3Cc4cnc(C(O)c5cccc(N6CC7(CN(C)C7)C6)c5)cc4C3)ccc2c1. The number of pyridine rings is 1. The number of rotatable bonds is 6. The van der Waals surface area contributed by atoms with Crippen molar-refractivity contribution in [2.75, 3.05) is 45.2 Å². The average Bonchev–Trinajstić information content (AvgIpc) is 3.38. The van der Waals surface area contributed by atoms with Crippen LogP contribution in [0.3, 0.4) is 0 Å². The van der Waals surface area contributed by atoms with Crippen LogP contribution in [0.1, 0.15) is 28.5 Å². The van der Waals surface area contributed by atoms with E-state index in [0.29, 0.717) is 11.1 Å². The largest absolute Gasteiger partial charge is 0.497 e. The third-order valence-electron chi connectivity index (χ3n) is 8.55. The third kappa shape index (κ3) is 4.25. The van der Waals surface area contributed by atoms with Gasteiger partial charge < -0.3 is 19.6 Å². The lowest BCUT2D eigenvalue weighted by molar-refractivity contribution is -0.00240. The molecule has 0 amide bonds. The molecule has 9 heteroatoms. The maximum absolute atomic E-state index is 13.6. The Kier molecular flexibility index (Phi) is 5.90. The molecule has 206 valence electrons. The summed E-state index contributed by atoms with van der Waals surface area (Å²) in [6.45, 7) is 4.88. The maximum atomic E-state index is 13.6. The van der Waals surface area contributed by atoms with Gasteiger partial charge in [-0.05, 0) is 77.0 Å². The van der Waals surface area contributed by atoms with Crippen LogP contribution in [0.15, 0.2) is 77.8 Å². The van der Waals surface area contributed by atoms with E-state index in [-0.39, 0.29) is 18.0 Å². The van der Waals surface area contributed by atoms with Gasteiger partial charge in [-0.3, -0.25) is 4.98 Å². The molecule has 2 saturated heterocycles. The summed E-state index contributed by atoms with van der Waals surface area (Å²) in [5.74, 6) is 0.728. The second-order valence-electron chi connectivity index (χ2n) is 11.6. The first kappa shape index (κ1) is 25.5. The molecule has 1 atom stereocenters. The number of nitrogens with zero attached hydrogens (tertiary/aromatic N) is 4. The van der Waals surface area contributed by atoms with Crippen LogP contribution < -0.4 is 9.64 Å². The van der Waals surface area contributed by atoms with Crippen molar-refractivity contribution in [3.8, 4) is 5.75 Å². The van der Waals surface area contributed by atoms with Crippen molar-refractivity contribution in [2.24, 2.45) is 5.41 Å². The van der Waals surface area contributed by atoms with Crippen LogP contribution in [0.5, 0.6) is 5.75 Å². The van der Waals surface area contributed by atoms with E-state index in [4.69, 9.17) is 4.74 Å². The van der Waals surface area contributed by atoms with Gasteiger partial charge in [-0.1, -0.05) is 24.3 Å². The average molecular weight is 557 g/mol. The lowest BCUT2D eigenvalue weighted by Crippen LogP contribution is -2.71. The predicted octanol–water partition coefficient (Wildman–Crippen LogP) is 3.78.